The van der Waals surface area contributed by atoms with Gasteiger partial charge in [-0.05, 0) is 42.9 Å². The van der Waals surface area contributed by atoms with Crippen LogP contribution in [0.5, 0.6) is 0 Å². The fourth-order valence-corrected chi connectivity index (χ4v) is 3.50. The number of hydrogen-bond donors (Lipinski definition) is 3. The lowest BCUT2D eigenvalue weighted by atomic mass is 9.26. The molecule has 1 aliphatic carbocycles. The van der Waals surface area contributed by atoms with Crippen LogP contribution in [0.4, 0.5) is 18.0 Å². The summed E-state index contributed by atoms with van der Waals surface area (Å²) in [6.07, 6.45) is 1.56. The molecule has 2 aromatic heterocycles. The maximum absolute atomic E-state index is 12.7. The number of carbonyl (C=O) groups is 2. The SMILES string of the molecule is C1CC1.COC(C)(C)C(F)(F)F.[B]C([B])([B])C([B])([B])n1nccc1C(=O)NCc1nc2ccc(CN3CCNC3=O)cc2[nH]1. The normalized spacial score (nSPS) is 15.1. The Morgan fingerprint density at radius 3 is 2.25 bits per heavy atom. The minimum absolute atomic E-state index is 0.0306. The number of fused-ring (bicyclic) bond motifs is 1. The number of rotatable bonds is 8. The third-order valence-electron chi connectivity index (χ3n) is 6.80. The molecule has 0 spiro atoms. The third-order valence-corrected chi connectivity index (χ3v) is 6.80. The molecule has 5 rings (SSSR count). The molecule has 0 unspecified atom stereocenters. The van der Waals surface area contributed by atoms with Crippen LogP contribution in [0.25, 0.3) is 11.0 Å². The predicted molar refractivity (Wildman–Crippen MR) is 164 cm³/mol. The van der Waals surface area contributed by atoms with E-state index in [0.29, 0.717) is 25.5 Å². The van der Waals surface area contributed by atoms with E-state index in [1.807, 2.05) is 18.2 Å². The molecule has 3 N–H and O–H groups in total. The lowest BCUT2D eigenvalue weighted by Crippen LogP contribution is -2.50. The average Bonchev–Trinajstić information content (AvgIpc) is 3.46. The van der Waals surface area contributed by atoms with Gasteiger partial charge < -0.3 is 25.3 Å². The number of H-pyrrole nitrogens is 1. The molecule has 0 atom stereocenters. The van der Waals surface area contributed by atoms with Gasteiger partial charge in [-0.25, -0.2) is 9.78 Å². The van der Waals surface area contributed by atoms with E-state index in [-0.39, 0.29) is 18.3 Å². The summed E-state index contributed by atoms with van der Waals surface area (Å²) in [7, 11) is 29.7. The molecule has 1 aromatic carbocycles. The van der Waals surface area contributed by atoms with Crippen LogP contribution in [0.3, 0.4) is 0 Å². The summed E-state index contributed by atoms with van der Waals surface area (Å²) in [4.78, 5) is 33.8. The number of carbonyl (C=O) groups excluding carboxylic acids is 2. The van der Waals surface area contributed by atoms with E-state index < -0.39 is 28.1 Å². The topological polar surface area (TPSA) is 117 Å². The quantitative estimate of drug-likeness (QED) is 0.342. The molecule has 3 heterocycles. The van der Waals surface area contributed by atoms with Crippen LogP contribution in [0, 0.1) is 0 Å². The van der Waals surface area contributed by atoms with Gasteiger partial charge in [-0.1, -0.05) is 25.3 Å². The molecule has 18 heteroatoms. The second-order valence-corrected chi connectivity index (χ2v) is 11.0. The van der Waals surface area contributed by atoms with Crippen molar-refractivity contribution in [2.45, 2.75) is 68.4 Å². The summed E-state index contributed by atoms with van der Waals surface area (Å²) in [5, 5.41) is 5.39. The van der Waals surface area contributed by atoms with Crippen molar-refractivity contribution in [2.75, 3.05) is 20.2 Å². The number of nitrogens with one attached hydrogen (secondary N) is 3. The van der Waals surface area contributed by atoms with Gasteiger partial charge in [0.15, 0.2) is 5.60 Å². The summed E-state index contributed by atoms with van der Waals surface area (Å²) < 4.78 is 40.3. The first-order valence-electron chi connectivity index (χ1n) is 13.8. The van der Waals surface area contributed by atoms with Gasteiger partial charge >= 0.3 is 12.2 Å². The number of ether oxygens (including phenoxy) is 1. The lowest BCUT2D eigenvalue weighted by molar-refractivity contribution is -0.255. The zero-order valence-corrected chi connectivity index (χ0v) is 24.9. The number of halogens is 3. The van der Waals surface area contributed by atoms with Crippen LogP contribution < -0.4 is 10.6 Å². The highest BCUT2D eigenvalue weighted by atomic mass is 19.4. The van der Waals surface area contributed by atoms with E-state index in [9.17, 15) is 22.8 Å². The first-order valence-corrected chi connectivity index (χ1v) is 13.8. The monoisotopic (exact) mass is 601 g/mol. The number of imidazole rings is 1. The molecular weight excluding hydrogens is 569 g/mol. The van der Waals surface area contributed by atoms with Crippen molar-refractivity contribution in [1.29, 1.82) is 0 Å². The molecule has 1 saturated carbocycles. The molecular formula is C26H31B5F3N7O3. The summed E-state index contributed by atoms with van der Waals surface area (Å²) >= 11 is 0. The lowest BCUT2D eigenvalue weighted by Gasteiger charge is -2.42. The van der Waals surface area contributed by atoms with Gasteiger partial charge in [-0.2, -0.15) is 18.3 Å². The Bertz CT molecular complexity index is 1440. The van der Waals surface area contributed by atoms with Crippen LogP contribution >= 0.6 is 0 Å². The number of aromatic amines is 1. The maximum atomic E-state index is 12.7. The van der Waals surface area contributed by atoms with E-state index in [0.717, 1.165) is 42.2 Å². The predicted octanol–water partition coefficient (Wildman–Crippen LogP) is 1.89. The Kier molecular flexibility index (Phi) is 11.0. The maximum Gasteiger partial charge on any atom is 0.416 e. The smallest absolute Gasteiger partial charge is 0.369 e. The molecule has 10 radical (unpaired) electrons. The number of methoxy groups -OCH3 is 1. The van der Waals surface area contributed by atoms with Crippen molar-refractivity contribution in [1.82, 2.24) is 35.3 Å². The molecule has 3 aromatic rings. The number of hydrogen-bond acceptors (Lipinski definition) is 5. The second kappa shape index (κ2) is 13.8. The van der Waals surface area contributed by atoms with Crippen LogP contribution in [0.1, 0.15) is 55.0 Å². The average molecular weight is 601 g/mol. The fourth-order valence-electron chi connectivity index (χ4n) is 3.50. The molecule has 44 heavy (non-hydrogen) atoms. The minimum atomic E-state index is -4.28. The van der Waals surface area contributed by atoms with E-state index in [2.05, 4.69) is 30.4 Å². The highest BCUT2D eigenvalue weighted by Crippen LogP contribution is 2.32. The Balaban J connectivity index is 0.000000370. The Morgan fingerprint density at radius 2 is 1.75 bits per heavy atom. The van der Waals surface area contributed by atoms with Gasteiger partial charge in [0.1, 0.15) is 11.5 Å². The zero-order valence-electron chi connectivity index (χ0n) is 24.9. The van der Waals surface area contributed by atoms with E-state index in [1.54, 1.807) is 4.90 Å². The number of amides is 3. The standard InChI is InChI=1S/C18H16B5N7O2.C5H9F3O.C3H6/c19-17(20,21)18(22,23)30-13(3-4-26-30)15(31)25-8-14-27-11-2-1-10(7-12(11)28-14)9-29-6-5-24-16(29)32;1-4(2,9-3)5(6,7)8;1-2-3-1/h1-4,7H,5-6,8-9H2,(H,24,32)(H,25,31)(H,27,28);1-3H3;1-3H2. The largest absolute Gasteiger partial charge is 0.416 e. The Labute approximate surface area is 261 Å². The number of nitrogens with zero attached hydrogens (tertiary/aromatic N) is 4. The van der Waals surface area contributed by atoms with E-state index >= 15 is 0 Å². The number of urea groups is 1. The molecule has 224 valence electrons. The van der Waals surface area contributed by atoms with Crippen LogP contribution in [-0.2, 0) is 23.2 Å². The van der Waals surface area contributed by atoms with E-state index in [1.165, 1.54) is 31.5 Å². The molecule has 0 bridgehead atoms. The summed E-state index contributed by atoms with van der Waals surface area (Å²) in [6.45, 7) is 3.87. The van der Waals surface area contributed by atoms with Gasteiger partial charge in [0, 0.05) is 32.9 Å². The van der Waals surface area contributed by atoms with Gasteiger partial charge in [0.05, 0.1) is 56.8 Å². The van der Waals surface area contributed by atoms with Crippen molar-refractivity contribution in [3.8, 4) is 0 Å². The highest BCUT2D eigenvalue weighted by molar-refractivity contribution is 6.66. The van der Waals surface area contributed by atoms with Crippen molar-refractivity contribution in [3.05, 3.63) is 47.5 Å². The van der Waals surface area contributed by atoms with Gasteiger partial charge in [0.2, 0.25) is 0 Å². The van der Waals surface area contributed by atoms with Gasteiger partial charge in [0.25, 0.3) is 5.91 Å². The molecule has 2 aliphatic rings. The number of alkyl halides is 3. The van der Waals surface area contributed by atoms with Crippen molar-refractivity contribution in [2.24, 2.45) is 0 Å². The summed E-state index contributed by atoms with van der Waals surface area (Å²) in [6, 6.07) is 7.03. The zero-order chi connectivity index (χ0) is 32.9. The fraction of sp³-hybridized carbons (Fsp3) is 0.538. The second-order valence-electron chi connectivity index (χ2n) is 11.0. The van der Waals surface area contributed by atoms with Crippen molar-refractivity contribution in [3.63, 3.8) is 0 Å². The molecule has 1 saturated heterocycles. The first kappa shape index (κ1) is 35.2. The van der Waals surface area contributed by atoms with Gasteiger partial charge in [-0.3, -0.25) is 9.48 Å². The molecule has 2 fully saturated rings. The highest BCUT2D eigenvalue weighted by Gasteiger charge is 2.47. The summed E-state index contributed by atoms with van der Waals surface area (Å²) in [5.41, 5.74) is 0.499. The Morgan fingerprint density at radius 1 is 1.09 bits per heavy atom. The van der Waals surface area contributed by atoms with Crippen molar-refractivity contribution >= 4 is 62.2 Å². The van der Waals surface area contributed by atoms with Gasteiger partial charge in [-0.15, -0.1) is 5.11 Å². The number of aromatic nitrogens is 4. The first-order chi connectivity index (χ1) is 20.4. The van der Waals surface area contributed by atoms with E-state index in [4.69, 9.17) is 39.2 Å². The van der Waals surface area contributed by atoms with Crippen LogP contribution in [0.15, 0.2) is 30.5 Å². The molecule has 10 nitrogen and oxygen atoms in total. The summed E-state index contributed by atoms with van der Waals surface area (Å²) in [5.74, 6) is 0.0151. The Hall–Kier alpha value is -3.29. The molecule has 3 amide bonds. The van der Waals surface area contributed by atoms with Crippen LogP contribution in [-0.4, -0.2) is 108 Å². The van der Waals surface area contributed by atoms with Crippen LogP contribution in [0.2, 0.25) is 5.11 Å². The third kappa shape index (κ3) is 8.89. The minimum Gasteiger partial charge on any atom is -0.369 e. The number of benzene rings is 1. The molecule has 1 aliphatic heterocycles. The van der Waals surface area contributed by atoms with Crippen molar-refractivity contribution < 1.29 is 27.5 Å².